The summed E-state index contributed by atoms with van der Waals surface area (Å²) in [4.78, 5) is 3.53. The Morgan fingerprint density at radius 2 is 2.08 bits per heavy atom. The molecule has 0 spiro atoms. The number of hydrazine groups is 1. The van der Waals surface area contributed by atoms with Gasteiger partial charge in [0.1, 0.15) is 0 Å². The molecule has 12 heavy (non-hydrogen) atoms. The highest BCUT2D eigenvalue weighted by atomic mass is 19.4. The molecule has 0 bridgehead atoms. The molecule has 4 N–H and O–H groups in total. The Balaban J connectivity index is 3.56. The summed E-state index contributed by atoms with van der Waals surface area (Å²) >= 11 is 0. The third-order valence-electron chi connectivity index (χ3n) is 1.06. The number of nitrogens with one attached hydrogen (secondary N) is 2. The number of halogens is 3. The lowest BCUT2D eigenvalue weighted by atomic mass is 10.4. The Morgan fingerprint density at radius 1 is 1.50 bits per heavy atom. The molecule has 0 unspecified atom stereocenters. The Bertz CT molecular complexity index is 153. The van der Waals surface area contributed by atoms with Crippen molar-refractivity contribution in [3.8, 4) is 0 Å². The van der Waals surface area contributed by atoms with Gasteiger partial charge in [-0.05, 0) is 0 Å². The fourth-order valence-corrected chi connectivity index (χ4v) is 0.517. The van der Waals surface area contributed by atoms with E-state index in [0.717, 1.165) is 0 Å². The average molecular weight is 184 g/mol. The minimum atomic E-state index is -4.15. The second kappa shape index (κ2) is 4.81. The smallest absolute Gasteiger partial charge is 0.355 e. The highest BCUT2D eigenvalue weighted by molar-refractivity contribution is 5.78. The number of hydrogen-bond acceptors (Lipinski definition) is 2. The molecule has 72 valence electrons. The van der Waals surface area contributed by atoms with Crippen LogP contribution in [0.15, 0.2) is 4.99 Å². The van der Waals surface area contributed by atoms with Gasteiger partial charge in [0.05, 0.1) is 6.42 Å². The molecular formula is C5H11F3N4. The summed E-state index contributed by atoms with van der Waals surface area (Å²) < 4.78 is 34.7. The number of rotatable bonds is 2. The summed E-state index contributed by atoms with van der Waals surface area (Å²) in [6.07, 6.45) is -5.06. The first-order valence-corrected chi connectivity index (χ1v) is 3.23. The van der Waals surface area contributed by atoms with Crippen molar-refractivity contribution in [2.75, 3.05) is 13.6 Å². The predicted molar refractivity (Wildman–Crippen MR) is 39.4 cm³/mol. The lowest BCUT2D eigenvalue weighted by molar-refractivity contribution is -0.132. The van der Waals surface area contributed by atoms with Gasteiger partial charge in [0, 0.05) is 13.6 Å². The first kappa shape index (κ1) is 11.0. The van der Waals surface area contributed by atoms with Gasteiger partial charge in [-0.1, -0.05) is 0 Å². The molecule has 0 atom stereocenters. The fraction of sp³-hybridized carbons (Fsp3) is 0.800. The first-order chi connectivity index (χ1) is 5.49. The van der Waals surface area contributed by atoms with Crippen LogP contribution in [0, 0.1) is 0 Å². The standard InChI is InChI=1S/C5H11F3N4/c1-10-4(12-9)11-3-2-5(6,7)8/h2-3,9H2,1H3,(H2,10,11,12). The van der Waals surface area contributed by atoms with Crippen LogP contribution in [0.5, 0.6) is 0 Å². The summed E-state index contributed by atoms with van der Waals surface area (Å²) in [6, 6.07) is 0. The van der Waals surface area contributed by atoms with E-state index < -0.39 is 12.6 Å². The zero-order valence-corrected chi connectivity index (χ0v) is 6.57. The number of alkyl halides is 3. The summed E-state index contributed by atoms with van der Waals surface area (Å²) in [5.41, 5.74) is 2.11. The van der Waals surface area contributed by atoms with E-state index in [1.165, 1.54) is 7.05 Å². The lowest BCUT2D eigenvalue weighted by Gasteiger charge is -2.09. The number of aliphatic imine (C=N–C) groups is 1. The van der Waals surface area contributed by atoms with Crippen molar-refractivity contribution in [2.24, 2.45) is 10.8 Å². The van der Waals surface area contributed by atoms with Crippen molar-refractivity contribution in [1.82, 2.24) is 10.7 Å². The van der Waals surface area contributed by atoms with E-state index in [1.54, 1.807) is 0 Å². The molecule has 0 aliphatic rings. The van der Waals surface area contributed by atoms with Gasteiger partial charge in [-0.25, -0.2) is 5.84 Å². The third kappa shape index (κ3) is 5.78. The molecule has 0 heterocycles. The van der Waals surface area contributed by atoms with E-state index in [-0.39, 0.29) is 12.5 Å². The Labute approximate surface area is 68.0 Å². The average Bonchev–Trinajstić information content (AvgIpc) is 1.96. The molecule has 0 saturated heterocycles. The number of nitrogens with zero attached hydrogens (tertiary/aromatic N) is 1. The molecule has 4 nitrogen and oxygen atoms in total. The first-order valence-electron chi connectivity index (χ1n) is 3.23. The third-order valence-corrected chi connectivity index (χ3v) is 1.06. The molecule has 0 saturated carbocycles. The monoisotopic (exact) mass is 184 g/mol. The topological polar surface area (TPSA) is 62.4 Å². The molecule has 0 aromatic rings. The fourth-order valence-electron chi connectivity index (χ4n) is 0.517. The maximum Gasteiger partial charge on any atom is 0.390 e. The molecular weight excluding hydrogens is 173 g/mol. The van der Waals surface area contributed by atoms with Crippen LogP contribution >= 0.6 is 0 Å². The zero-order chi connectivity index (χ0) is 9.61. The molecule has 0 aliphatic carbocycles. The van der Waals surface area contributed by atoms with Crippen LogP contribution in [-0.2, 0) is 0 Å². The van der Waals surface area contributed by atoms with Crippen molar-refractivity contribution < 1.29 is 13.2 Å². The number of guanidine groups is 1. The van der Waals surface area contributed by atoms with Gasteiger partial charge in [-0.15, -0.1) is 0 Å². The largest absolute Gasteiger partial charge is 0.390 e. The molecule has 0 fully saturated rings. The summed E-state index contributed by atoms with van der Waals surface area (Å²) in [5, 5.41) is 2.37. The van der Waals surface area contributed by atoms with E-state index in [4.69, 9.17) is 5.84 Å². The molecule has 0 aromatic heterocycles. The Kier molecular flexibility index (Phi) is 4.42. The van der Waals surface area contributed by atoms with Crippen molar-refractivity contribution in [3.05, 3.63) is 0 Å². The molecule has 0 rings (SSSR count). The van der Waals surface area contributed by atoms with Crippen molar-refractivity contribution >= 4 is 5.96 Å². The van der Waals surface area contributed by atoms with Crippen LogP contribution in [-0.4, -0.2) is 25.7 Å². The van der Waals surface area contributed by atoms with Crippen molar-refractivity contribution in [1.29, 1.82) is 0 Å². The summed E-state index contributed by atoms with van der Waals surface area (Å²) in [7, 11) is 1.41. The van der Waals surface area contributed by atoms with E-state index in [2.05, 4.69) is 15.7 Å². The van der Waals surface area contributed by atoms with Crippen molar-refractivity contribution in [3.63, 3.8) is 0 Å². The van der Waals surface area contributed by atoms with Crippen LogP contribution in [0.4, 0.5) is 13.2 Å². The summed E-state index contributed by atoms with van der Waals surface area (Å²) in [5.74, 6) is 5.05. The van der Waals surface area contributed by atoms with E-state index in [0.29, 0.717) is 0 Å². The van der Waals surface area contributed by atoms with E-state index in [9.17, 15) is 13.2 Å². The zero-order valence-electron chi connectivity index (χ0n) is 6.57. The van der Waals surface area contributed by atoms with Crippen LogP contribution < -0.4 is 16.6 Å². The highest BCUT2D eigenvalue weighted by Gasteiger charge is 2.26. The van der Waals surface area contributed by atoms with Crippen LogP contribution in [0.3, 0.4) is 0 Å². The molecule has 0 radical (unpaired) electrons. The van der Waals surface area contributed by atoms with Gasteiger partial charge in [0.2, 0.25) is 5.96 Å². The van der Waals surface area contributed by atoms with Gasteiger partial charge in [-0.3, -0.25) is 10.4 Å². The predicted octanol–water partition coefficient (Wildman–Crippen LogP) is -0.0225. The molecule has 0 aliphatic heterocycles. The maximum atomic E-state index is 11.6. The lowest BCUT2D eigenvalue weighted by Crippen LogP contribution is -2.42. The second-order valence-electron chi connectivity index (χ2n) is 2.01. The SMILES string of the molecule is CN=C(NN)NCCC(F)(F)F. The number of hydrogen-bond donors (Lipinski definition) is 3. The Morgan fingerprint density at radius 3 is 2.42 bits per heavy atom. The van der Waals surface area contributed by atoms with Crippen LogP contribution in [0.1, 0.15) is 6.42 Å². The van der Waals surface area contributed by atoms with Gasteiger partial charge in [0.15, 0.2) is 0 Å². The van der Waals surface area contributed by atoms with E-state index >= 15 is 0 Å². The van der Waals surface area contributed by atoms with Gasteiger partial charge in [-0.2, -0.15) is 13.2 Å². The molecule has 0 aromatic carbocycles. The summed E-state index contributed by atoms with van der Waals surface area (Å²) in [6.45, 7) is -0.236. The highest BCUT2D eigenvalue weighted by Crippen LogP contribution is 2.17. The van der Waals surface area contributed by atoms with Crippen molar-refractivity contribution in [2.45, 2.75) is 12.6 Å². The minimum Gasteiger partial charge on any atom is -0.355 e. The van der Waals surface area contributed by atoms with Gasteiger partial charge < -0.3 is 5.32 Å². The van der Waals surface area contributed by atoms with Crippen LogP contribution in [0.25, 0.3) is 0 Å². The quantitative estimate of drug-likeness (QED) is 0.244. The van der Waals surface area contributed by atoms with Gasteiger partial charge >= 0.3 is 6.18 Å². The maximum absolute atomic E-state index is 11.6. The normalized spacial score (nSPS) is 12.9. The van der Waals surface area contributed by atoms with Crippen LogP contribution in [0.2, 0.25) is 0 Å². The number of nitrogens with two attached hydrogens (primary N) is 1. The molecule has 0 amide bonds. The second-order valence-corrected chi connectivity index (χ2v) is 2.01. The molecule has 7 heteroatoms. The van der Waals surface area contributed by atoms with Gasteiger partial charge in [0.25, 0.3) is 0 Å². The Hall–Kier alpha value is -0.980. The van der Waals surface area contributed by atoms with E-state index in [1.807, 2.05) is 0 Å². The minimum absolute atomic E-state index is 0.138.